The minimum atomic E-state index is 0.755. The summed E-state index contributed by atoms with van der Waals surface area (Å²) < 4.78 is 5.46. The predicted molar refractivity (Wildman–Crippen MR) is 79.6 cm³/mol. The SMILES string of the molecule is c1csc(-c2cc(CN3CCC4NCCC4C3)no2)c1. The Balaban J connectivity index is 1.42. The average Bonchev–Trinajstić information content (AvgIpc) is 3.19. The van der Waals surface area contributed by atoms with Crippen LogP contribution >= 0.6 is 11.3 Å². The zero-order chi connectivity index (χ0) is 13.4. The summed E-state index contributed by atoms with van der Waals surface area (Å²) in [6.45, 7) is 4.46. The van der Waals surface area contributed by atoms with Crippen LogP contribution in [0.5, 0.6) is 0 Å². The maximum absolute atomic E-state index is 5.46. The van der Waals surface area contributed by atoms with Gasteiger partial charge in [-0.3, -0.25) is 4.90 Å². The van der Waals surface area contributed by atoms with Gasteiger partial charge in [-0.1, -0.05) is 11.2 Å². The average molecular weight is 289 g/mol. The molecule has 0 spiro atoms. The van der Waals surface area contributed by atoms with Gasteiger partial charge in [-0.25, -0.2) is 0 Å². The molecule has 0 radical (unpaired) electrons. The summed E-state index contributed by atoms with van der Waals surface area (Å²) >= 11 is 1.69. The van der Waals surface area contributed by atoms with Gasteiger partial charge in [-0.2, -0.15) is 0 Å². The molecule has 0 amide bonds. The van der Waals surface area contributed by atoms with E-state index in [0.29, 0.717) is 0 Å². The maximum Gasteiger partial charge on any atom is 0.177 e. The molecule has 0 aliphatic carbocycles. The van der Waals surface area contributed by atoms with Crippen LogP contribution in [-0.4, -0.2) is 35.7 Å². The van der Waals surface area contributed by atoms with Crippen LogP contribution in [0.1, 0.15) is 18.5 Å². The van der Waals surface area contributed by atoms with Gasteiger partial charge in [0, 0.05) is 31.7 Å². The summed E-state index contributed by atoms with van der Waals surface area (Å²) in [6.07, 6.45) is 2.58. The fourth-order valence-corrected chi connectivity index (χ4v) is 4.09. The first-order valence-corrected chi connectivity index (χ1v) is 8.22. The van der Waals surface area contributed by atoms with E-state index in [0.717, 1.165) is 41.4 Å². The van der Waals surface area contributed by atoms with Crippen molar-refractivity contribution in [3.63, 3.8) is 0 Å². The highest BCUT2D eigenvalue weighted by Gasteiger charge is 2.32. The van der Waals surface area contributed by atoms with Crippen LogP contribution in [0.4, 0.5) is 0 Å². The molecule has 2 saturated heterocycles. The van der Waals surface area contributed by atoms with Gasteiger partial charge in [0.05, 0.1) is 10.6 Å². The van der Waals surface area contributed by atoms with E-state index in [1.807, 2.05) is 6.07 Å². The van der Waals surface area contributed by atoms with Crippen molar-refractivity contribution in [3.8, 4) is 10.6 Å². The van der Waals surface area contributed by atoms with Crippen LogP contribution in [0, 0.1) is 5.92 Å². The molecule has 2 unspecified atom stereocenters. The van der Waals surface area contributed by atoms with Gasteiger partial charge in [-0.15, -0.1) is 11.3 Å². The minimum absolute atomic E-state index is 0.755. The van der Waals surface area contributed by atoms with Crippen LogP contribution in [-0.2, 0) is 6.54 Å². The molecule has 4 rings (SSSR count). The molecular formula is C15H19N3OS. The van der Waals surface area contributed by atoms with E-state index < -0.39 is 0 Å². The molecule has 0 bridgehead atoms. The van der Waals surface area contributed by atoms with Gasteiger partial charge in [-0.05, 0) is 36.8 Å². The molecule has 2 aliphatic heterocycles. The normalized spacial score (nSPS) is 26.8. The molecule has 2 aromatic heterocycles. The Morgan fingerprint density at radius 3 is 3.35 bits per heavy atom. The molecule has 1 N–H and O–H groups in total. The van der Waals surface area contributed by atoms with Crippen molar-refractivity contribution in [3.05, 3.63) is 29.3 Å². The molecule has 20 heavy (non-hydrogen) atoms. The van der Waals surface area contributed by atoms with Gasteiger partial charge < -0.3 is 9.84 Å². The maximum atomic E-state index is 5.46. The topological polar surface area (TPSA) is 41.3 Å². The molecule has 2 atom stereocenters. The first-order chi connectivity index (χ1) is 9.88. The molecule has 4 nitrogen and oxygen atoms in total. The molecule has 2 fully saturated rings. The van der Waals surface area contributed by atoms with E-state index in [4.69, 9.17) is 4.52 Å². The molecular weight excluding hydrogens is 270 g/mol. The summed E-state index contributed by atoms with van der Waals surface area (Å²) in [5.74, 6) is 1.72. The fourth-order valence-electron chi connectivity index (χ4n) is 3.42. The number of thiophene rings is 1. The van der Waals surface area contributed by atoms with Crippen molar-refractivity contribution in [1.29, 1.82) is 0 Å². The fraction of sp³-hybridized carbons (Fsp3) is 0.533. The predicted octanol–water partition coefficient (Wildman–Crippen LogP) is 2.59. The molecule has 0 saturated carbocycles. The number of nitrogens with one attached hydrogen (secondary N) is 1. The summed E-state index contributed by atoms with van der Waals surface area (Å²) in [5, 5.41) is 9.90. The minimum Gasteiger partial charge on any atom is -0.355 e. The highest BCUT2D eigenvalue weighted by atomic mass is 32.1. The molecule has 4 heterocycles. The third-order valence-corrected chi connectivity index (χ3v) is 5.33. The highest BCUT2D eigenvalue weighted by Crippen LogP contribution is 2.28. The summed E-state index contributed by atoms with van der Waals surface area (Å²) in [6, 6.07) is 6.96. The molecule has 106 valence electrons. The number of hydrogen-bond donors (Lipinski definition) is 1. The Morgan fingerprint density at radius 2 is 2.45 bits per heavy atom. The van der Waals surface area contributed by atoms with E-state index in [2.05, 4.69) is 32.9 Å². The molecule has 2 aliphatic rings. The van der Waals surface area contributed by atoms with Crippen LogP contribution in [0.15, 0.2) is 28.1 Å². The number of fused-ring (bicyclic) bond motifs is 1. The molecule has 0 aromatic carbocycles. The lowest BCUT2D eigenvalue weighted by molar-refractivity contribution is 0.152. The Bertz CT molecular complexity index is 565. The highest BCUT2D eigenvalue weighted by molar-refractivity contribution is 7.13. The van der Waals surface area contributed by atoms with Crippen molar-refractivity contribution in [2.45, 2.75) is 25.4 Å². The monoisotopic (exact) mass is 289 g/mol. The Morgan fingerprint density at radius 1 is 1.45 bits per heavy atom. The standard InChI is InChI=1S/C15H19N3OS/c1-2-15(20-7-1)14-8-12(17-19-14)10-18-6-4-13-11(9-18)3-5-16-13/h1-2,7-8,11,13,16H,3-6,9-10H2. The first kappa shape index (κ1) is 12.6. The van der Waals surface area contributed by atoms with Crippen LogP contribution in [0.3, 0.4) is 0 Å². The van der Waals surface area contributed by atoms with Gasteiger partial charge in [0.1, 0.15) is 0 Å². The second kappa shape index (κ2) is 5.31. The third kappa shape index (κ3) is 2.41. The zero-order valence-electron chi connectivity index (χ0n) is 11.4. The van der Waals surface area contributed by atoms with Crippen LogP contribution in [0.25, 0.3) is 10.6 Å². The lowest BCUT2D eigenvalue weighted by atomic mass is 9.93. The lowest BCUT2D eigenvalue weighted by Crippen LogP contribution is -2.43. The quantitative estimate of drug-likeness (QED) is 0.943. The van der Waals surface area contributed by atoms with Gasteiger partial charge in [0.25, 0.3) is 0 Å². The third-order valence-electron chi connectivity index (χ3n) is 4.45. The van der Waals surface area contributed by atoms with Crippen LogP contribution in [0.2, 0.25) is 0 Å². The van der Waals surface area contributed by atoms with Crippen molar-refractivity contribution < 1.29 is 4.52 Å². The van der Waals surface area contributed by atoms with Gasteiger partial charge in [0.2, 0.25) is 0 Å². The molecule has 5 heteroatoms. The first-order valence-electron chi connectivity index (χ1n) is 7.34. The Hall–Kier alpha value is -1.17. The second-order valence-corrected chi connectivity index (χ2v) is 6.74. The summed E-state index contributed by atoms with van der Waals surface area (Å²) in [4.78, 5) is 3.67. The second-order valence-electron chi connectivity index (χ2n) is 5.79. The van der Waals surface area contributed by atoms with Crippen molar-refractivity contribution >= 4 is 11.3 Å². The van der Waals surface area contributed by atoms with Crippen molar-refractivity contribution in [2.24, 2.45) is 5.92 Å². The molecule has 2 aromatic rings. The smallest absolute Gasteiger partial charge is 0.177 e. The number of likely N-dealkylation sites (tertiary alicyclic amines) is 1. The van der Waals surface area contributed by atoms with Gasteiger partial charge >= 0.3 is 0 Å². The number of nitrogens with zero attached hydrogens (tertiary/aromatic N) is 2. The van der Waals surface area contributed by atoms with Crippen LogP contribution < -0.4 is 5.32 Å². The van der Waals surface area contributed by atoms with Crippen molar-refractivity contribution in [2.75, 3.05) is 19.6 Å². The van der Waals surface area contributed by atoms with E-state index >= 15 is 0 Å². The number of hydrogen-bond acceptors (Lipinski definition) is 5. The number of aromatic nitrogens is 1. The lowest BCUT2D eigenvalue weighted by Gasteiger charge is -2.34. The van der Waals surface area contributed by atoms with E-state index in [1.165, 1.54) is 25.9 Å². The van der Waals surface area contributed by atoms with E-state index in [-0.39, 0.29) is 0 Å². The van der Waals surface area contributed by atoms with Crippen molar-refractivity contribution in [1.82, 2.24) is 15.4 Å². The number of rotatable bonds is 3. The summed E-state index contributed by atoms with van der Waals surface area (Å²) in [5.41, 5.74) is 1.05. The number of piperidine rings is 1. The van der Waals surface area contributed by atoms with Gasteiger partial charge in [0.15, 0.2) is 5.76 Å². The van der Waals surface area contributed by atoms with E-state index in [9.17, 15) is 0 Å². The summed E-state index contributed by atoms with van der Waals surface area (Å²) in [7, 11) is 0. The largest absolute Gasteiger partial charge is 0.355 e. The Kier molecular flexibility index (Phi) is 3.34. The Labute approximate surface area is 122 Å². The van der Waals surface area contributed by atoms with E-state index in [1.54, 1.807) is 11.3 Å². The zero-order valence-corrected chi connectivity index (χ0v) is 12.2.